The maximum Gasteiger partial charge on any atom is 0.309 e. The minimum atomic E-state index is -0.721. The molecule has 0 aromatic carbocycles. The van der Waals surface area contributed by atoms with E-state index in [1.54, 1.807) is 0 Å². The molecule has 8 atom stereocenters. The maximum absolute atomic E-state index is 14.2. The largest absolute Gasteiger partial charge is 0.481 e. The Kier molecular flexibility index (Phi) is 4.89. The van der Waals surface area contributed by atoms with Crippen molar-refractivity contribution in [3.63, 3.8) is 0 Å². The van der Waals surface area contributed by atoms with Gasteiger partial charge in [-0.2, -0.15) is 0 Å². The Morgan fingerprint density at radius 3 is 2.21 bits per heavy atom. The van der Waals surface area contributed by atoms with Gasteiger partial charge in [0.15, 0.2) is 5.78 Å². The van der Waals surface area contributed by atoms with E-state index in [-0.39, 0.29) is 50.6 Å². The van der Waals surface area contributed by atoms with Crippen molar-refractivity contribution in [2.75, 3.05) is 0 Å². The van der Waals surface area contributed by atoms with Crippen LogP contribution in [0.2, 0.25) is 0 Å². The van der Waals surface area contributed by atoms with Crippen LogP contribution in [0.1, 0.15) is 106 Å². The highest BCUT2D eigenvalue weighted by atomic mass is 16.4. The Bertz CT molecular complexity index is 1010. The molecule has 4 nitrogen and oxygen atoms in total. The van der Waals surface area contributed by atoms with E-state index in [2.05, 4.69) is 41.5 Å². The number of allylic oxidation sites excluding steroid dienone is 2. The van der Waals surface area contributed by atoms with Gasteiger partial charge in [-0.15, -0.1) is 0 Å². The minimum Gasteiger partial charge on any atom is -0.481 e. The molecule has 188 valence electrons. The van der Waals surface area contributed by atoms with Crippen LogP contribution >= 0.6 is 0 Å². The van der Waals surface area contributed by atoms with Crippen LogP contribution in [-0.4, -0.2) is 22.6 Å². The number of carboxylic acids is 1. The number of carboxylic acid groups (broad SMARTS) is 1. The van der Waals surface area contributed by atoms with E-state index in [0.717, 1.165) is 44.9 Å². The third kappa shape index (κ3) is 2.75. The third-order valence-corrected chi connectivity index (χ3v) is 12.8. The zero-order valence-corrected chi connectivity index (χ0v) is 22.3. The highest BCUT2D eigenvalue weighted by Gasteiger charge is 2.70. The average molecular weight is 469 g/mol. The van der Waals surface area contributed by atoms with Crippen molar-refractivity contribution in [2.45, 2.75) is 106 Å². The summed E-state index contributed by atoms with van der Waals surface area (Å²) >= 11 is 0. The SMILES string of the molecule is CC1(C)C(=O)CC[C@@]2(C)[C@@H]1CC[C@]1(C)[C@H]2C(=O)C=C2[C@@H]3C[C@@](C)(C(=O)O)CC[C@]3(C)CC[C@]21C. The molecule has 0 radical (unpaired) electrons. The van der Waals surface area contributed by atoms with E-state index in [0.29, 0.717) is 18.6 Å². The first kappa shape index (κ1) is 24.3. The van der Waals surface area contributed by atoms with Crippen molar-refractivity contribution < 1.29 is 19.5 Å². The van der Waals surface area contributed by atoms with Gasteiger partial charge in [0.2, 0.25) is 0 Å². The van der Waals surface area contributed by atoms with E-state index < -0.39 is 11.4 Å². The molecular formula is C30H44O4. The number of aliphatic carboxylic acids is 1. The molecule has 5 rings (SSSR count). The summed E-state index contributed by atoms with van der Waals surface area (Å²) in [7, 11) is 0. The van der Waals surface area contributed by atoms with Crippen molar-refractivity contribution in [1.82, 2.24) is 0 Å². The fraction of sp³-hybridized carbons (Fsp3) is 0.833. The Balaban J connectivity index is 1.63. The van der Waals surface area contributed by atoms with Gasteiger partial charge >= 0.3 is 5.97 Å². The summed E-state index contributed by atoms with van der Waals surface area (Å²) in [6, 6.07) is 0. The van der Waals surface area contributed by atoms with Crippen LogP contribution in [0, 0.1) is 50.2 Å². The lowest BCUT2D eigenvalue weighted by Gasteiger charge is -2.69. The van der Waals surface area contributed by atoms with Crippen LogP contribution < -0.4 is 0 Å². The van der Waals surface area contributed by atoms with Gasteiger partial charge in [-0.3, -0.25) is 14.4 Å². The molecule has 0 saturated heterocycles. The Morgan fingerprint density at radius 2 is 1.56 bits per heavy atom. The molecule has 4 fully saturated rings. The highest BCUT2D eigenvalue weighted by molar-refractivity contribution is 5.96. The topological polar surface area (TPSA) is 71.4 Å². The summed E-state index contributed by atoms with van der Waals surface area (Å²) in [5.41, 5.74) is -0.205. The molecule has 0 amide bonds. The van der Waals surface area contributed by atoms with Gasteiger partial charge < -0.3 is 5.11 Å². The van der Waals surface area contributed by atoms with Crippen LogP contribution in [0.25, 0.3) is 0 Å². The van der Waals surface area contributed by atoms with Crippen molar-refractivity contribution >= 4 is 17.5 Å². The third-order valence-electron chi connectivity index (χ3n) is 12.8. The number of ketones is 2. The molecule has 5 aliphatic carbocycles. The fourth-order valence-corrected chi connectivity index (χ4v) is 10.2. The molecule has 0 bridgehead atoms. The molecule has 0 aromatic rings. The minimum absolute atomic E-state index is 0.0707. The number of carbonyl (C=O) groups is 3. The van der Waals surface area contributed by atoms with Crippen LogP contribution in [0.4, 0.5) is 0 Å². The van der Waals surface area contributed by atoms with Gasteiger partial charge in [-0.1, -0.05) is 47.1 Å². The summed E-state index contributed by atoms with van der Waals surface area (Å²) in [4.78, 5) is 39.3. The van der Waals surface area contributed by atoms with Gasteiger partial charge in [-0.25, -0.2) is 0 Å². The smallest absolute Gasteiger partial charge is 0.309 e. The lowest BCUT2D eigenvalue weighted by atomic mass is 9.33. The summed E-state index contributed by atoms with van der Waals surface area (Å²) < 4.78 is 0. The quantitative estimate of drug-likeness (QED) is 0.469. The molecule has 0 aromatic heterocycles. The predicted molar refractivity (Wildman–Crippen MR) is 132 cm³/mol. The first-order valence-electron chi connectivity index (χ1n) is 13.6. The molecular weight excluding hydrogens is 424 g/mol. The first-order chi connectivity index (χ1) is 15.6. The van der Waals surface area contributed by atoms with Gasteiger partial charge in [0.25, 0.3) is 0 Å². The number of carbonyl (C=O) groups excluding carboxylic acids is 2. The Hall–Kier alpha value is -1.45. The normalized spacial score (nSPS) is 52.0. The molecule has 0 spiro atoms. The molecule has 4 saturated carbocycles. The van der Waals surface area contributed by atoms with Crippen molar-refractivity contribution in [3.8, 4) is 0 Å². The van der Waals surface area contributed by atoms with Crippen molar-refractivity contribution in [2.24, 2.45) is 50.2 Å². The molecule has 34 heavy (non-hydrogen) atoms. The van der Waals surface area contributed by atoms with Gasteiger partial charge in [0.1, 0.15) is 5.78 Å². The van der Waals surface area contributed by atoms with Gasteiger partial charge in [0.05, 0.1) is 5.41 Å². The number of rotatable bonds is 1. The monoisotopic (exact) mass is 468 g/mol. The Morgan fingerprint density at radius 1 is 0.912 bits per heavy atom. The first-order valence-corrected chi connectivity index (χ1v) is 13.6. The number of Topliss-reactive ketones (excluding diaryl/α,β-unsaturated/α-hetero) is 1. The average Bonchev–Trinajstić information content (AvgIpc) is 2.73. The van der Waals surface area contributed by atoms with Crippen LogP contribution in [0.3, 0.4) is 0 Å². The summed E-state index contributed by atoms with van der Waals surface area (Å²) in [6.45, 7) is 15.5. The molecule has 4 heteroatoms. The molecule has 5 aliphatic rings. The highest BCUT2D eigenvalue weighted by Crippen LogP contribution is 2.74. The molecule has 1 N–H and O–H groups in total. The van der Waals surface area contributed by atoms with E-state index >= 15 is 0 Å². The van der Waals surface area contributed by atoms with E-state index in [4.69, 9.17) is 0 Å². The second-order valence-corrected chi connectivity index (χ2v) is 14.7. The summed E-state index contributed by atoms with van der Waals surface area (Å²) in [5, 5.41) is 10.0. The van der Waals surface area contributed by atoms with Crippen LogP contribution in [0.5, 0.6) is 0 Å². The summed E-state index contributed by atoms with van der Waals surface area (Å²) in [6.07, 6.45) is 9.78. The second-order valence-electron chi connectivity index (χ2n) is 14.7. The Labute approximate surface area is 205 Å². The van der Waals surface area contributed by atoms with Gasteiger partial charge in [-0.05, 0) is 97.9 Å². The van der Waals surface area contributed by atoms with Crippen molar-refractivity contribution in [1.29, 1.82) is 0 Å². The maximum atomic E-state index is 14.2. The molecule has 0 unspecified atom stereocenters. The van der Waals surface area contributed by atoms with Crippen LogP contribution in [0.15, 0.2) is 11.6 Å². The molecule has 0 aliphatic heterocycles. The zero-order chi connectivity index (χ0) is 25.1. The van der Waals surface area contributed by atoms with Crippen LogP contribution in [-0.2, 0) is 14.4 Å². The van der Waals surface area contributed by atoms with E-state index in [1.807, 2.05) is 13.0 Å². The second kappa shape index (κ2) is 6.85. The van der Waals surface area contributed by atoms with E-state index in [1.165, 1.54) is 5.57 Å². The lowest BCUT2D eigenvalue weighted by molar-refractivity contribution is -0.188. The number of hydrogen-bond acceptors (Lipinski definition) is 3. The number of fused-ring (bicyclic) bond motifs is 7. The standard InChI is InChI=1S/C30H44O4/c1-25(2)21-8-11-30(7)23(28(21,5)10-9-22(25)32)20(31)16-18-19-17-27(4,24(33)34)13-12-26(19,3)14-15-29(18,30)6/h16,19,21,23H,8-15,17H2,1-7H3,(H,33,34)/t19-,21+,23-,26+,27-,28-,29+,30+/m0/s1. The summed E-state index contributed by atoms with van der Waals surface area (Å²) in [5.74, 6) is 0.222. The lowest BCUT2D eigenvalue weighted by Crippen LogP contribution is -2.66. The van der Waals surface area contributed by atoms with Crippen molar-refractivity contribution in [3.05, 3.63) is 11.6 Å². The predicted octanol–water partition coefficient (Wildman–Crippen LogP) is 6.62. The number of hydrogen-bond donors (Lipinski definition) is 1. The van der Waals surface area contributed by atoms with E-state index in [9.17, 15) is 19.5 Å². The zero-order valence-electron chi connectivity index (χ0n) is 22.3. The fourth-order valence-electron chi connectivity index (χ4n) is 10.2. The molecule has 0 heterocycles. The van der Waals surface area contributed by atoms with Gasteiger partial charge in [0, 0.05) is 17.8 Å².